The van der Waals surface area contributed by atoms with E-state index in [4.69, 9.17) is 0 Å². The van der Waals surface area contributed by atoms with Crippen LogP contribution >= 0.6 is 11.3 Å². The van der Waals surface area contributed by atoms with Gasteiger partial charge >= 0.3 is 0 Å². The van der Waals surface area contributed by atoms with Crippen molar-refractivity contribution in [1.29, 1.82) is 0 Å². The molecule has 3 aromatic rings. The van der Waals surface area contributed by atoms with Crippen LogP contribution in [0.5, 0.6) is 0 Å². The van der Waals surface area contributed by atoms with Crippen molar-refractivity contribution in [2.45, 2.75) is 24.1 Å². The van der Waals surface area contributed by atoms with Crippen LogP contribution in [-0.4, -0.2) is 29.2 Å². The summed E-state index contributed by atoms with van der Waals surface area (Å²) in [7, 11) is -3.41. The Morgan fingerprint density at radius 1 is 1.22 bits per heavy atom. The molecule has 0 spiro atoms. The number of aromatic nitrogens is 2. The second kappa shape index (κ2) is 5.36. The minimum Gasteiger partial charge on any atom is -0.233 e. The molecule has 0 radical (unpaired) electrons. The molecule has 1 aliphatic rings. The molecule has 0 aromatic carbocycles. The lowest BCUT2D eigenvalue weighted by Gasteiger charge is -2.27. The second-order valence-corrected chi connectivity index (χ2v) is 8.73. The molecule has 23 heavy (non-hydrogen) atoms. The van der Waals surface area contributed by atoms with E-state index >= 15 is 0 Å². The molecule has 0 fully saturated rings. The van der Waals surface area contributed by atoms with E-state index in [0.29, 0.717) is 23.7 Å². The van der Waals surface area contributed by atoms with Crippen molar-refractivity contribution in [3.05, 3.63) is 52.7 Å². The second-order valence-electron chi connectivity index (χ2n) is 5.61. The molecule has 0 N–H and O–H groups in total. The largest absolute Gasteiger partial charge is 0.252 e. The van der Waals surface area contributed by atoms with E-state index in [1.807, 2.05) is 25.1 Å². The first kappa shape index (κ1) is 14.7. The lowest BCUT2D eigenvalue weighted by Crippen LogP contribution is -2.36. The fourth-order valence-electron chi connectivity index (χ4n) is 2.82. The van der Waals surface area contributed by atoms with E-state index in [9.17, 15) is 8.42 Å². The minimum atomic E-state index is -3.41. The molecule has 7 heteroatoms. The van der Waals surface area contributed by atoms with Gasteiger partial charge in [0.1, 0.15) is 4.21 Å². The van der Waals surface area contributed by atoms with Crippen molar-refractivity contribution in [2.24, 2.45) is 0 Å². The predicted molar refractivity (Wildman–Crippen MR) is 89.9 cm³/mol. The molecule has 4 rings (SSSR count). The van der Waals surface area contributed by atoms with Crippen LogP contribution in [0.15, 0.2) is 39.9 Å². The van der Waals surface area contributed by atoms with E-state index in [1.165, 1.54) is 15.6 Å². The molecule has 4 heterocycles. The summed E-state index contributed by atoms with van der Waals surface area (Å²) in [5.74, 6) is 0. The van der Waals surface area contributed by atoms with Crippen LogP contribution in [0.3, 0.4) is 0 Å². The Morgan fingerprint density at radius 3 is 2.87 bits per heavy atom. The Hall–Kier alpha value is -1.83. The highest BCUT2D eigenvalue weighted by molar-refractivity contribution is 7.91. The van der Waals surface area contributed by atoms with Crippen molar-refractivity contribution in [3.63, 3.8) is 0 Å². The van der Waals surface area contributed by atoms with Crippen LogP contribution < -0.4 is 0 Å². The monoisotopic (exact) mass is 345 g/mol. The normalized spacial score (nSPS) is 15.7. The lowest BCUT2D eigenvalue weighted by atomic mass is 10.1. The van der Waals surface area contributed by atoms with Crippen molar-refractivity contribution < 1.29 is 8.42 Å². The van der Waals surface area contributed by atoms with E-state index < -0.39 is 10.0 Å². The third-order valence-corrected chi connectivity index (χ3v) is 7.24. The predicted octanol–water partition coefficient (Wildman–Crippen LogP) is 2.75. The molecule has 3 aromatic heterocycles. The number of sulfonamides is 1. The molecule has 0 saturated carbocycles. The van der Waals surface area contributed by atoms with Crippen molar-refractivity contribution in [1.82, 2.24) is 14.3 Å². The molecule has 0 atom stereocenters. The number of hydrogen-bond acceptors (Lipinski definition) is 5. The van der Waals surface area contributed by atoms with Gasteiger partial charge in [0, 0.05) is 36.3 Å². The quantitative estimate of drug-likeness (QED) is 0.716. The Morgan fingerprint density at radius 2 is 2.09 bits per heavy atom. The standard InChI is InChI=1S/C16H15N3O2S2/c1-11-4-5-12-9-13-10-19(7-6-14(13)18-16(12)17-11)23(20,21)15-3-2-8-22-15/h2-5,8-9H,6-7,10H2,1H3. The maximum absolute atomic E-state index is 12.7. The van der Waals surface area contributed by atoms with Gasteiger partial charge in [-0.15, -0.1) is 11.3 Å². The topological polar surface area (TPSA) is 63.2 Å². The van der Waals surface area contributed by atoms with Gasteiger partial charge in [-0.3, -0.25) is 0 Å². The van der Waals surface area contributed by atoms with Gasteiger partial charge in [0.15, 0.2) is 5.65 Å². The third-order valence-electron chi connectivity index (χ3n) is 4.02. The number of aryl methyl sites for hydroxylation is 1. The summed E-state index contributed by atoms with van der Waals surface area (Å²) in [6, 6.07) is 9.36. The van der Waals surface area contributed by atoms with E-state index in [1.54, 1.807) is 17.5 Å². The van der Waals surface area contributed by atoms with Gasteiger partial charge in [-0.2, -0.15) is 4.31 Å². The molecule has 0 saturated heterocycles. The molecule has 5 nitrogen and oxygen atoms in total. The lowest BCUT2D eigenvalue weighted by molar-refractivity contribution is 0.389. The number of hydrogen-bond donors (Lipinski definition) is 0. The minimum absolute atomic E-state index is 0.367. The SMILES string of the molecule is Cc1ccc2cc3c(nc2n1)CCN(S(=O)(=O)c1cccs1)C3. The van der Waals surface area contributed by atoms with Crippen molar-refractivity contribution in [2.75, 3.05) is 6.54 Å². The van der Waals surface area contributed by atoms with Gasteiger partial charge in [0.25, 0.3) is 10.0 Å². The average molecular weight is 345 g/mol. The molecule has 0 amide bonds. The Kier molecular flexibility index (Phi) is 3.44. The van der Waals surface area contributed by atoms with Crippen LogP contribution in [-0.2, 0) is 23.0 Å². The van der Waals surface area contributed by atoms with Gasteiger partial charge in [-0.05, 0) is 42.1 Å². The summed E-state index contributed by atoms with van der Waals surface area (Å²) >= 11 is 1.25. The number of fused-ring (bicyclic) bond motifs is 2. The van der Waals surface area contributed by atoms with E-state index in [-0.39, 0.29) is 0 Å². The van der Waals surface area contributed by atoms with E-state index in [2.05, 4.69) is 9.97 Å². The first-order valence-electron chi connectivity index (χ1n) is 7.34. The fraction of sp³-hybridized carbons (Fsp3) is 0.250. The Balaban J connectivity index is 1.73. The molecule has 0 bridgehead atoms. The summed E-state index contributed by atoms with van der Waals surface area (Å²) in [5.41, 5.74) is 3.59. The number of thiophene rings is 1. The van der Waals surface area contributed by atoms with Crippen LogP contribution in [0.2, 0.25) is 0 Å². The first-order chi connectivity index (χ1) is 11.0. The highest BCUT2D eigenvalue weighted by atomic mass is 32.2. The van der Waals surface area contributed by atoms with Gasteiger partial charge in [0.2, 0.25) is 0 Å². The van der Waals surface area contributed by atoms with Gasteiger partial charge in [0.05, 0.1) is 0 Å². The van der Waals surface area contributed by atoms with Crippen LogP contribution in [0.1, 0.15) is 17.0 Å². The summed E-state index contributed by atoms with van der Waals surface area (Å²) in [5, 5.41) is 2.73. The zero-order chi connectivity index (χ0) is 16.0. The average Bonchev–Trinajstić information content (AvgIpc) is 3.07. The highest BCUT2D eigenvalue weighted by Gasteiger charge is 2.29. The number of nitrogens with zero attached hydrogens (tertiary/aromatic N) is 3. The molecular formula is C16H15N3O2S2. The molecular weight excluding hydrogens is 330 g/mol. The number of rotatable bonds is 2. The summed E-state index contributed by atoms with van der Waals surface area (Å²) in [6.45, 7) is 2.76. The van der Waals surface area contributed by atoms with Gasteiger partial charge in [-0.1, -0.05) is 6.07 Å². The van der Waals surface area contributed by atoms with Crippen LogP contribution in [0, 0.1) is 6.92 Å². The zero-order valence-corrected chi connectivity index (χ0v) is 14.2. The van der Waals surface area contributed by atoms with Gasteiger partial charge in [-0.25, -0.2) is 18.4 Å². The summed E-state index contributed by atoms with van der Waals surface area (Å²) in [4.78, 5) is 9.08. The van der Waals surface area contributed by atoms with E-state index in [0.717, 1.165) is 28.0 Å². The maximum atomic E-state index is 12.7. The van der Waals surface area contributed by atoms with Crippen LogP contribution in [0.4, 0.5) is 0 Å². The van der Waals surface area contributed by atoms with Crippen molar-refractivity contribution in [3.8, 4) is 0 Å². The molecule has 1 aliphatic heterocycles. The highest BCUT2D eigenvalue weighted by Crippen LogP contribution is 2.28. The Labute approximate surface area is 138 Å². The smallest absolute Gasteiger partial charge is 0.233 e. The molecule has 0 unspecified atom stereocenters. The molecule has 0 aliphatic carbocycles. The van der Waals surface area contributed by atoms with Gasteiger partial charge < -0.3 is 0 Å². The fourth-order valence-corrected chi connectivity index (χ4v) is 5.39. The van der Waals surface area contributed by atoms with Crippen LogP contribution in [0.25, 0.3) is 11.0 Å². The van der Waals surface area contributed by atoms with Crippen molar-refractivity contribution >= 4 is 32.4 Å². The third kappa shape index (κ3) is 2.54. The maximum Gasteiger partial charge on any atom is 0.252 e. The molecule has 118 valence electrons. The summed E-state index contributed by atoms with van der Waals surface area (Å²) < 4.78 is 27.3. The summed E-state index contributed by atoms with van der Waals surface area (Å²) in [6.07, 6.45) is 0.617. The first-order valence-corrected chi connectivity index (χ1v) is 9.66. The Bertz CT molecular complexity index is 982. The number of pyridine rings is 2. The zero-order valence-electron chi connectivity index (χ0n) is 12.6.